The summed E-state index contributed by atoms with van der Waals surface area (Å²) >= 11 is 0. The zero-order valence-electron chi connectivity index (χ0n) is 16.0. The van der Waals surface area contributed by atoms with Gasteiger partial charge >= 0.3 is 0 Å². The number of hydrogen-bond donors (Lipinski definition) is 4. The predicted octanol–water partition coefficient (Wildman–Crippen LogP) is -0.617. The number of ether oxygens (including phenoxy) is 2. The monoisotopic (exact) mass is 415 g/mol. The van der Waals surface area contributed by atoms with Crippen molar-refractivity contribution in [2.45, 2.75) is 30.6 Å². The van der Waals surface area contributed by atoms with Crippen LogP contribution in [0.2, 0.25) is 0 Å². The van der Waals surface area contributed by atoms with E-state index in [0.29, 0.717) is 22.8 Å². The van der Waals surface area contributed by atoms with Gasteiger partial charge in [-0.1, -0.05) is 0 Å². The summed E-state index contributed by atoms with van der Waals surface area (Å²) in [5.74, 6) is 1.19. The molecule has 5 atom stereocenters. The lowest BCUT2D eigenvalue weighted by molar-refractivity contribution is -0.253. The number of hydrogen-bond acceptors (Lipinski definition) is 10. The van der Waals surface area contributed by atoms with Gasteiger partial charge in [0.2, 0.25) is 5.82 Å². The summed E-state index contributed by atoms with van der Waals surface area (Å²) in [6.07, 6.45) is -2.33. The Labute approximate surface area is 171 Å². The molecular formula is C19H21N5O6. The van der Waals surface area contributed by atoms with Gasteiger partial charge in [-0.2, -0.15) is 0 Å². The summed E-state index contributed by atoms with van der Waals surface area (Å²) in [5, 5.41) is 44.7. The standard InChI is InChI=1S/C19H21N5O6/c1-29-11-4-2-10(3-5-11)18-22-17(12-8-20-6-7-21-12)23-24(18)19-16(28)15(27)14(26)13(9-25)30-19/h2-8,13-16,19,25-28H,9H2,1H3/t13-,14-,15+,16-,19-/m1/s1. The largest absolute Gasteiger partial charge is 0.497 e. The molecule has 2 aromatic heterocycles. The number of methoxy groups -OCH3 is 1. The fraction of sp³-hybridized carbons (Fsp3) is 0.368. The molecule has 0 saturated carbocycles. The van der Waals surface area contributed by atoms with Crippen molar-refractivity contribution in [2.24, 2.45) is 0 Å². The van der Waals surface area contributed by atoms with E-state index >= 15 is 0 Å². The minimum absolute atomic E-state index is 0.228. The summed E-state index contributed by atoms with van der Waals surface area (Å²) in [7, 11) is 1.55. The first-order valence-corrected chi connectivity index (χ1v) is 9.21. The van der Waals surface area contributed by atoms with Crippen molar-refractivity contribution >= 4 is 0 Å². The molecule has 4 N–H and O–H groups in total. The molecule has 0 bridgehead atoms. The highest BCUT2D eigenvalue weighted by atomic mass is 16.6. The molecule has 0 radical (unpaired) electrons. The van der Waals surface area contributed by atoms with Gasteiger partial charge in [-0.25, -0.2) is 14.6 Å². The number of aromatic nitrogens is 5. The van der Waals surface area contributed by atoms with Crippen LogP contribution in [0.4, 0.5) is 0 Å². The van der Waals surface area contributed by atoms with Crippen molar-refractivity contribution in [2.75, 3.05) is 13.7 Å². The molecule has 0 spiro atoms. The molecule has 1 saturated heterocycles. The van der Waals surface area contributed by atoms with Crippen LogP contribution in [0.3, 0.4) is 0 Å². The van der Waals surface area contributed by atoms with Crippen LogP contribution in [0, 0.1) is 0 Å². The topological polar surface area (TPSA) is 156 Å². The van der Waals surface area contributed by atoms with E-state index in [-0.39, 0.29) is 5.82 Å². The Morgan fingerprint density at radius 3 is 2.47 bits per heavy atom. The highest BCUT2D eigenvalue weighted by Gasteiger charge is 2.45. The van der Waals surface area contributed by atoms with Gasteiger partial charge in [-0.15, -0.1) is 5.10 Å². The van der Waals surface area contributed by atoms with E-state index in [4.69, 9.17) is 9.47 Å². The normalized spacial score (nSPS) is 26.5. The van der Waals surface area contributed by atoms with Crippen molar-refractivity contribution in [3.8, 4) is 28.7 Å². The van der Waals surface area contributed by atoms with Crippen molar-refractivity contribution in [1.82, 2.24) is 24.7 Å². The molecule has 1 aromatic carbocycles. The maximum absolute atomic E-state index is 10.6. The summed E-state index contributed by atoms with van der Waals surface area (Å²) in [6.45, 7) is -0.551. The fourth-order valence-corrected chi connectivity index (χ4v) is 3.24. The lowest BCUT2D eigenvalue weighted by atomic mass is 9.98. The van der Waals surface area contributed by atoms with Crippen molar-refractivity contribution in [3.05, 3.63) is 42.9 Å². The smallest absolute Gasteiger partial charge is 0.202 e. The number of rotatable bonds is 5. The molecule has 1 aliphatic rings. The summed E-state index contributed by atoms with van der Waals surface area (Å²) in [4.78, 5) is 12.7. The molecule has 30 heavy (non-hydrogen) atoms. The minimum Gasteiger partial charge on any atom is -0.497 e. The first-order chi connectivity index (χ1) is 14.5. The average Bonchev–Trinajstić information content (AvgIpc) is 3.23. The van der Waals surface area contributed by atoms with Crippen LogP contribution >= 0.6 is 0 Å². The molecule has 158 valence electrons. The van der Waals surface area contributed by atoms with Crippen molar-refractivity contribution < 1.29 is 29.9 Å². The van der Waals surface area contributed by atoms with Gasteiger partial charge in [0.1, 0.15) is 35.9 Å². The predicted molar refractivity (Wildman–Crippen MR) is 102 cm³/mol. The average molecular weight is 415 g/mol. The van der Waals surface area contributed by atoms with Gasteiger partial charge in [0.25, 0.3) is 0 Å². The van der Waals surface area contributed by atoms with Crippen LogP contribution in [-0.4, -0.2) is 83.3 Å². The second kappa shape index (κ2) is 8.42. The lowest BCUT2D eigenvalue weighted by Crippen LogP contribution is -2.56. The molecule has 0 aliphatic carbocycles. The van der Waals surface area contributed by atoms with E-state index in [0.717, 1.165) is 0 Å². The van der Waals surface area contributed by atoms with E-state index in [1.165, 1.54) is 23.3 Å². The number of nitrogens with zero attached hydrogens (tertiary/aromatic N) is 5. The Bertz CT molecular complexity index is 981. The van der Waals surface area contributed by atoms with E-state index in [9.17, 15) is 20.4 Å². The Morgan fingerprint density at radius 2 is 1.83 bits per heavy atom. The second-order valence-corrected chi connectivity index (χ2v) is 6.74. The third-order valence-electron chi connectivity index (χ3n) is 4.88. The molecule has 4 rings (SSSR count). The van der Waals surface area contributed by atoms with Gasteiger partial charge in [0, 0.05) is 18.0 Å². The molecular weight excluding hydrogens is 394 g/mol. The van der Waals surface area contributed by atoms with Crippen molar-refractivity contribution in [3.63, 3.8) is 0 Å². The number of benzene rings is 1. The Hall–Kier alpha value is -2.96. The molecule has 1 fully saturated rings. The molecule has 11 nitrogen and oxygen atoms in total. The number of aliphatic hydroxyl groups excluding tert-OH is 4. The Balaban J connectivity index is 1.81. The zero-order valence-corrected chi connectivity index (χ0v) is 16.0. The van der Waals surface area contributed by atoms with Gasteiger partial charge in [-0.3, -0.25) is 4.98 Å². The van der Waals surface area contributed by atoms with E-state index in [2.05, 4.69) is 20.1 Å². The lowest BCUT2D eigenvalue weighted by Gasteiger charge is -2.40. The third kappa shape index (κ3) is 3.64. The van der Waals surface area contributed by atoms with E-state index in [1.807, 2.05) is 0 Å². The van der Waals surface area contributed by atoms with Gasteiger partial charge < -0.3 is 29.9 Å². The minimum atomic E-state index is -1.55. The summed E-state index contributed by atoms with van der Waals surface area (Å²) in [6, 6.07) is 6.99. The van der Waals surface area contributed by atoms with Gasteiger partial charge in [0.05, 0.1) is 19.9 Å². The molecule has 0 amide bonds. The maximum Gasteiger partial charge on any atom is 0.202 e. The van der Waals surface area contributed by atoms with Crippen LogP contribution in [0.5, 0.6) is 5.75 Å². The maximum atomic E-state index is 10.6. The summed E-state index contributed by atoms with van der Waals surface area (Å²) in [5.41, 5.74) is 1.03. The van der Waals surface area contributed by atoms with Crippen LogP contribution in [0.25, 0.3) is 22.9 Å². The fourth-order valence-electron chi connectivity index (χ4n) is 3.24. The second-order valence-electron chi connectivity index (χ2n) is 6.74. The first kappa shape index (κ1) is 20.3. The first-order valence-electron chi connectivity index (χ1n) is 9.21. The van der Waals surface area contributed by atoms with Crippen LogP contribution in [0.1, 0.15) is 6.23 Å². The highest BCUT2D eigenvalue weighted by Crippen LogP contribution is 2.33. The molecule has 3 aromatic rings. The Morgan fingerprint density at radius 1 is 1.07 bits per heavy atom. The third-order valence-corrected chi connectivity index (χ3v) is 4.88. The molecule has 1 aliphatic heterocycles. The van der Waals surface area contributed by atoms with E-state index in [1.54, 1.807) is 31.4 Å². The SMILES string of the molecule is COc1ccc(-c2nc(-c3cnccn3)nn2[C@@H]2O[C@H](CO)[C@@H](O)[C@H](O)[C@H]2O)cc1. The molecule has 0 unspecified atom stereocenters. The molecule has 3 heterocycles. The highest BCUT2D eigenvalue weighted by molar-refractivity contribution is 5.60. The number of aliphatic hydroxyl groups is 4. The van der Waals surface area contributed by atoms with Crippen molar-refractivity contribution in [1.29, 1.82) is 0 Å². The Kier molecular flexibility index (Phi) is 5.70. The van der Waals surface area contributed by atoms with Crippen LogP contribution < -0.4 is 4.74 Å². The molecule has 11 heteroatoms. The van der Waals surface area contributed by atoms with Gasteiger partial charge in [0.15, 0.2) is 12.1 Å². The van der Waals surface area contributed by atoms with Crippen LogP contribution in [-0.2, 0) is 4.74 Å². The quantitative estimate of drug-likeness (QED) is 0.424. The zero-order chi connectivity index (χ0) is 21.3. The summed E-state index contributed by atoms with van der Waals surface area (Å²) < 4.78 is 12.1. The van der Waals surface area contributed by atoms with Crippen LogP contribution in [0.15, 0.2) is 42.9 Å². The van der Waals surface area contributed by atoms with Gasteiger partial charge in [-0.05, 0) is 24.3 Å². The van der Waals surface area contributed by atoms with E-state index < -0.39 is 37.3 Å².